The quantitative estimate of drug-likeness (QED) is 0.674. The van der Waals surface area contributed by atoms with Crippen molar-refractivity contribution >= 4 is 0 Å². The van der Waals surface area contributed by atoms with Gasteiger partial charge in [0.25, 0.3) is 0 Å². The van der Waals surface area contributed by atoms with Gasteiger partial charge in [0.1, 0.15) is 5.82 Å². The normalized spacial score (nSPS) is 13.4. The molecule has 1 N–H and O–H groups in total. The molecule has 10 heavy (non-hydrogen) atoms. The first-order chi connectivity index (χ1) is 4.88. The molecule has 1 atom stereocenters. The minimum absolute atomic E-state index is 0.0648. The third-order valence-corrected chi connectivity index (χ3v) is 1.60. The molecule has 1 radical (unpaired) electrons. The molecule has 55 valence electrons. The Kier molecular flexibility index (Phi) is 2.45. The van der Waals surface area contributed by atoms with E-state index >= 15 is 0 Å². The standard InChI is InChI=1S/C7H11N2O/c1-2-6(5-10)7-8-3-4-9-7/h3-4,6H,2,5H2,1H3,(H,8,9). The van der Waals surface area contributed by atoms with E-state index in [0.29, 0.717) is 0 Å². The lowest BCUT2D eigenvalue weighted by atomic mass is 10.1. The van der Waals surface area contributed by atoms with E-state index in [2.05, 4.69) is 9.97 Å². The van der Waals surface area contributed by atoms with Crippen LogP contribution in [-0.4, -0.2) is 16.6 Å². The summed E-state index contributed by atoms with van der Waals surface area (Å²) < 4.78 is 0. The average Bonchev–Trinajstić information content (AvgIpc) is 2.43. The summed E-state index contributed by atoms with van der Waals surface area (Å²) in [4.78, 5) is 6.93. The zero-order valence-corrected chi connectivity index (χ0v) is 6.00. The van der Waals surface area contributed by atoms with Crippen molar-refractivity contribution in [2.45, 2.75) is 19.3 Å². The fourth-order valence-electron chi connectivity index (χ4n) is 0.891. The Morgan fingerprint density at radius 2 is 2.60 bits per heavy atom. The Morgan fingerprint density at radius 1 is 1.80 bits per heavy atom. The summed E-state index contributed by atoms with van der Waals surface area (Å²) in [5.41, 5.74) is 0. The van der Waals surface area contributed by atoms with Crippen LogP contribution < -0.4 is 0 Å². The maximum atomic E-state index is 10.5. The number of imidazole rings is 1. The molecular formula is C7H11N2O. The van der Waals surface area contributed by atoms with E-state index in [9.17, 15) is 5.11 Å². The van der Waals surface area contributed by atoms with Crippen LogP contribution in [0.25, 0.3) is 0 Å². The summed E-state index contributed by atoms with van der Waals surface area (Å²) in [5, 5.41) is 10.5. The number of rotatable bonds is 3. The lowest BCUT2D eigenvalue weighted by molar-refractivity contribution is 0.167. The van der Waals surface area contributed by atoms with Crippen molar-refractivity contribution in [2.75, 3.05) is 6.61 Å². The van der Waals surface area contributed by atoms with Gasteiger partial charge in [-0.3, -0.25) is 0 Å². The predicted octanol–water partition coefficient (Wildman–Crippen LogP) is 1.33. The van der Waals surface area contributed by atoms with E-state index in [1.165, 1.54) is 0 Å². The second-order valence-electron chi connectivity index (χ2n) is 2.25. The number of hydrogen-bond acceptors (Lipinski definition) is 1. The molecule has 0 spiro atoms. The van der Waals surface area contributed by atoms with Crippen molar-refractivity contribution in [3.05, 3.63) is 18.2 Å². The van der Waals surface area contributed by atoms with Crippen molar-refractivity contribution in [3.8, 4) is 0 Å². The lowest BCUT2D eigenvalue weighted by Crippen LogP contribution is -2.03. The van der Waals surface area contributed by atoms with Gasteiger partial charge in [-0.2, -0.15) is 0 Å². The second-order valence-corrected chi connectivity index (χ2v) is 2.25. The van der Waals surface area contributed by atoms with Gasteiger partial charge in [-0.25, -0.2) is 10.1 Å². The smallest absolute Gasteiger partial charge is 0.111 e. The van der Waals surface area contributed by atoms with Crippen molar-refractivity contribution in [2.24, 2.45) is 0 Å². The van der Waals surface area contributed by atoms with Crippen molar-refractivity contribution in [3.63, 3.8) is 0 Å². The lowest BCUT2D eigenvalue weighted by Gasteiger charge is -2.04. The zero-order valence-electron chi connectivity index (χ0n) is 6.00. The van der Waals surface area contributed by atoms with Gasteiger partial charge < -0.3 is 4.98 Å². The van der Waals surface area contributed by atoms with Gasteiger partial charge in [0, 0.05) is 18.3 Å². The SMILES string of the molecule is CCC(C[O])c1ncc[nH]1. The van der Waals surface area contributed by atoms with Crippen LogP contribution in [0, 0.1) is 0 Å². The summed E-state index contributed by atoms with van der Waals surface area (Å²) in [6.07, 6.45) is 4.28. The minimum Gasteiger partial charge on any atom is -0.348 e. The molecule has 0 saturated carbocycles. The first-order valence-electron chi connectivity index (χ1n) is 3.45. The van der Waals surface area contributed by atoms with E-state index in [4.69, 9.17) is 0 Å². The summed E-state index contributed by atoms with van der Waals surface area (Å²) in [6.45, 7) is 1.91. The third kappa shape index (κ3) is 1.36. The van der Waals surface area contributed by atoms with E-state index in [1.807, 2.05) is 6.92 Å². The first-order valence-corrected chi connectivity index (χ1v) is 3.45. The van der Waals surface area contributed by atoms with E-state index in [1.54, 1.807) is 12.4 Å². The van der Waals surface area contributed by atoms with E-state index in [0.717, 1.165) is 12.2 Å². The van der Waals surface area contributed by atoms with Crippen LogP contribution >= 0.6 is 0 Å². The molecule has 0 aromatic carbocycles. The molecule has 1 rings (SSSR count). The maximum absolute atomic E-state index is 10.5. The molecular weight excluding hydrogens is 128 g/mol. The highest BCUT2D eigenvalue weighted by molar-refractivity contribution is 4.95. The Labute approximate surface area is 60.1 Å². The number of hydrogen-bond donors (Lipinski definition) is 1. The average molecular weight is 139 g/mol. The van der Waals surface area contributed by atoms with Crippen LogP contribution in [-0.2, 0) is 5.11 Å². The molecule has 0 aliphatic heterocycles. The van der Waals surface area contributed by atoms with Gasteiger partial charge in [-0.05, 0) is 6.42 Å². The van der Waals surface area contributed by atoms with Gasteiger partial charge in [0.2, 0.25) is 0 Å². The second kappa shape index (κ2) is 3.37. The Morgan fingerprint density at radius 3 is 3.00 bits per heavy atom. The molecule has 0 saturated heterocycles. The predicted molar refractivity (Wildman–Crippen MR) is 37.2 cm³/mol. The van der Waals surface area contributed by atoms with E-state index in [-0.39, 0.29) is 12.5 Å². The molecule has 0 bridgehead atoms. The van der Waals surface area contributed by atoms with Crippen LogP contribution in [0.5, 0.6) is 0 Å². The monoisotopic (exact) mass is 139 g/mol. The zero-order chi connectivity index (χ0) is 7.40. The van der Waals surface area contributed by atoms with Gasteiger partial charge >= 0.3 is 0 Å². The number of H-pyrrole nitrogens is 1. The van der Waals surface area contributed by atoms with Crippen molar-refractivity contribution < 1.29 is 5.11 Å². The number of aromatic nitrogens is 2. The van der Waals surface area contributed by atoms with Crippen LogP contribution in [0.1, 0.15) is 25.1 Å². The largest absolute Gasteiger partial charge is 0.348 e. The Hall–Kier alpha value is -0.830. The molecule has 0 fully saturated rings. The molecule has 0 aliphatic rings. The maximum Gasteiger partial charge on any atom is 0.111 e. The molecule has 1 heterocycles. The van der Waals surface area contributed by atoms with Crippen molar-refractivity contribution in [1.82, 2.24) is 9.97 Å². The molecule has 3 nitrogen and oxygen atoms in total. The first kappa shape index (κ1) is 7.28. The Balaban J connectivity index is 2.64. The Bertz CT molecular complexity index is 168. The fraction of sp³-hybridized carbons (Fsp3) is 0.571. The van der Waals surface area contributed by atoms with Crippen LogP contribution in [0.4, 0.5) is 0 Å². The molecule has 1 aromatic rings. The van der Waals surface area contributed by atoms with Gasteiger partial charge in [-0.15, -0.1) is 0 Å². The molecule has 0 aliphatic carbocycles. The van der Waals surface area contributed by atoms with Gasteiger partial charge in [0.05, 0.1) is 6.61 Å². The summed E-state index contributed by atoms with van der Waals surface area (Å²) in [6, 6.07) is 0. The topological polar surface area (TPSA) is 48.6 Å². The highest BCUT2D eigenvalue weighted by Crippen LogP contribution is 2.13. The van der Waals surface area contributed by atoms with Crippen LogP contribution in [0.15, 0.2) is 12.4 Å². The molecule has 1 unspecified atom stereocenters. The van der Waals surface area contributed by atoms with Crippen molar-refractivity contribution in [1.29, 1.82) is 0 Å². The van der Waals surface area contributed by atoms with Gasteiger partial charge in [0.15, 0.2) is 0 Å². The molecule has 3 heteroatoms. The van der Waals surface area contributed by atoms with Gasteiger partial charge in [-0.1, -0.05) is 6.92 Å². The van der Waals surface area contributed by atoms with Crippen LogP contribution in [0.3, 0.4) is 0 Å². The minimum atomic E-state index is -0.0794. The van der Waals surface area contributed by atoms with Crippen LogP contribution in [0.2, 0.25) is 0 Å². The molecule has 0 amide bonds. The number of nitrogens with zero attached hydrogens (tertiary/aromatic N) is 1. The third-order valence-electron chi connectivity index (χ3n) is 1.60. The number of nitrogens with one attached hydrogen (secondary N) is 1. The highest BCUT2D eigenvalue weighted by Gasteiger charge is 2.09. The highest BCUT2D eigenvalue weighted by atomic mass is 16.3. The van der Waals surface area contributed by atoms with E-state index < -0.39 is 0 Å². The molecule has 1 aromatic heterocycles. The number of aromatic amines is 1. The summed E-state index contributed by atoms with van der Waals surface area (Å²) in [7, 11) is 0. The summed E-state index contributed by atoms with van der Waals surface area (Å²) >= 11 is 0. The fourth-order valence-corrected chi connectivity index (χ4v) is 0.891. The summed E-state index contributed by atoms with van der Waals surface area (Å²) in [5.74, 6) is 0.882.